The van der Waals surface area contributed by atoms with Gasteiger partial charge in [-0.05, 0) is 54.3 Å². The molecule has 42 heavy (non-hydrogen) atoms. The Bertz CT molecular complexity index is 1780. The molecule has 1 fully saturated rings. The number of halogens is 3. The van der Waals surface area contributed by atoms with Crippen LogP contribution >= 0.6 is 19.4 Å². The summed E-state index contributed by atoms with van der Waals surface area (Å²) >= 11 is 6.25. The molecule has 15 heteroatoms. The highest BCUT2D eigenvalue weighted by atomic mass is 35.5. The molecule has 10 nitrogen and oxygen atoms in total. The molecule has 0 amide bonds. The maximum Gasteiger partial charge on any atom is 0.469 e. The molecule has 5 rings (SSSR count). The minimum atomic E-state index is -4.77. The summed E-state index contributed by atoms with van der Waals surface area (Å²) in [6, 6.07) is 8.45. The summed E-state index contributed by atoms with van der Waals surface area (Å²) in [6.07, 6.45) is 2.06. The quantitative estimate of drug-likeness (QED) is 0.122. The number of hydrogen-bond acceptors (Lipinski definition) is 7. The SMILES string of the molecule is CCN(CCOP(=O)(O)O)C(F)(F)CCOc1ccc(-c2cccc(S(=O)(=O)C3CC3)c2)c2c1[nH]c1ncc(Cl)cc12. The Labute approximate surface area is 245 Å². The molecule has 0 spiro atoms. The number of phosphoric acid groups is 1. The average Bonchev–Trinajstić information content (AvgIpc) is 3.73. The number of phosphoric ester groups is 1. The largest absolute Gasteiger partial charge is 0.491 e. The zero-order chi connectivity index (χ0) is 30.3. The van der Waals surface area contributed by atoms with Gasteiger partial charge in [0.2, 0.25) is 0 Å². The fourth-order valence-corrected chi connectivity index (χ4v) is 7.05. The van der Waals surface area contributed by atoms with Gasteiger partial charge in [-0.2, -0.15) is 8.78 Å². The van der Waals surface area contributed by atoms with Crippen molar-refractivity contribution >= 4 is 51.2 Å². The first-order valence-electron chi connectivity index (χ1n) is 13.2. The van der Waals surface area contributed by atoms with Gasteiger partial charge in [-0.15, -0.1) is 0 Å². The number of aromatic amines is 1. The van der Waals surface area contributed by atoms with E-state index in [1.807, 2.05) is 0 Å². The van der Waals surface area contributed by atoms with Crippen molar-refractivity contribution in [3.8, 4) is 16.9 Å². The number of likely N-dealkylation sites (N-methyl/N-ethyl adjacent to an activating group) is 1. The fraction of sp³-hybridized carbons (Fsp3) is 0.370. The minimum absolute atomic E-state index is 0.0829. The number of sulfone groups is 1. The molecule has 226 valence electrons. The van der Waals surface area contributed by atoms with Crippen molar-refractivity contribution in [1.82, 2.24) is 14.9 Å². The average molecular weight is 644 g/mol. The van der Waals surface area contributed by atoms with E-state index in [0.717, 1.165) is 4.90 Å². The van der Waals surface area contributed by atoms with Crippen LogP contribution in [0, 0.1) is 0 Å². The Morgan fingerprint density at radius 1 is 1.19 bits per heavy atom. The number of aromatic nitrogens is 2. The number of ether oxygens (including phenoxy) is 1. The maximum absolute atomic E-state index is 14.9. The third kappa shape index (κ3) is 6.62. The van der Waals surface area contributed by atoms with E-state index in [2.05, 4.69) is 14.5 Å². The van der Waals surface area contributed by atoms with E-state index in [1.54, 1.807) is 42.5 Å². The number of alkyl halides is 2. The van der Waals surface area contributed by atoms with E-state index in [0.29, 0.717) is 50.9 Å². The monoisotopic (exact) mass is 643 g/mol. The summed E-state index contributed by atoms with van der Waals surface area (Å²) in [6.45, 7) is 0.0837. The Kier molecular flexibility index (Phi) is 8.66. The van der Waals surface area contributed by atoms with Gasteiger partial charge in [0.15, 0.2) is 9.84 Å². The smallest absolute Gasteiger partial charge is 0.469 e. The van der Waals surface area contributed by atoms with Crippen LogP contribution in [0.5, 0.6) is 5.75 Å². The van der Waals surface area contributed by atoms with Crippen LogP contribution in [-0.4, -0.2) is 70.7 Å². The van der Waals surface area contributed by atoms with E-state index in [1.165, 1.54) is 13.1 Å². The van der Waals surface area contributed by atoms with Gasteiger partial charge in [0, 0.05) is 30.1 Å². The molecule has 4 aromatic rings. The van der Waals surface area contributed by atoms with E-state index in [-0.39, 0.29) is 29.0 Å². The molecule has 1 aliphatic carbocycles. The van der Waals surface area contributed by atoms with Gasteiger partial charge in [0.25, 0.3) is 0 Å². The van der Waals surface area contributed by atoms with Crippen LogP contribution in [0.2, 0.25) is 5.02 Å². The molecular weight excluding hydrogens is 615 g/mol. The van der Waals surface area contributed by atoms with Crippen molar-refractivity contribution in [3.63, 3.8) is 0 Å². The van der Waals surface area contributed by atoms with Crippen molar-refractivity contribution < 1.29 is 40.8 Å². The summed E-state index contributed by atoms with van der Waals surface area (Å²) in [7, 11) is -8.20. The van der Waals surface area contributed by atoms with Crippen LogP contribution in [0.25, 0.3) is 33.1 Å². The second-order valence-electron chi connectivity index (χ2n) is 9.98. The molecule has 0 atom stereocenters. The molecular formula is C27H29ClF2N3O7PS. The number of benzene rings is 2. The first kappa shape index (κ1) is 30.8. The number of fused-ring (bicyclic) bond motifs is 3. The van der Waals surface area contributed by atoms with Crippen LogP contribution in [-0.2, 0) is 18.9 Å². The zero-order valence-electron chi connectivity index (χ0n) is 22.5. The first-order valence-corrected chi connectivity index (χ1v) is 16.7. The van der Waals surface area contributed by atoms with Gasteiger partial charge >= 0.3 is 13.9 Å². The molecule has 3 N–H and O–H groups in total. The van der Waals surface area contributed by atoms with E-state index >= 15 is 0 Å². The molecule has 0 unspecified atom stereocenters. The predicted octanol–water partition coefficient (Wildman–Crippen LogP) is 5.77. The number of hydrogen-bond donors (Lipinski definition) is 3. The van der Waals surface area contributed by atoms with E-state index < -0.39 is 43.3 Å². The molecule has 2 aromatic heterocycles. The summed E-state index contributed by atoms with van der Waals surface area (Å²) in [4.78, 5) is 26.1. The van der Waals surface area contributed by atoms with Crippen molar-refractivity contribution in [2.45, 2.75) is 42.4 Å². The van der Waals surface area contributed by atoms with E-state index in [9.17, 15) is 21.8 Å². The lowest BCUT2D eigenvalue weighted by atomic mass is 9.99. The molecule has 1 saturated carbocycles. The normalized spacial score (nSPS) is 14.7. The van der Waals surface area contributed by atoms with Crippen LogP contribution in [0.15, 0.2) is 53.6 Å². The number of pyridine rings is 1. The Balaban J connectivity index is 1.44. The fourth-order valence-electron chi connectivity index (χ4n) is 4.87. The van der Waals surface area contributed by atoms with Gasteiger partial charge in [-0.1, -0.05) is 30.7 Å². The highest BCUT2D eigenvalue weighted by molar-refractivity contribution is 7.92. The van der Waals surface area contributed by atoms with Crippen LogP contribution in [0.3, 0.4) is 0 Å². The number of nitrogens with one attached hydrogen (secondary N) is 1. The lowest BCUT2D eigenvalue weighted by Gasteiger charge is -2.30. The number of H-pyrrole nitrogens is 1. The summed E-state index contributed by atoms with van der Waals surface area (Å²) in [5.41, 5.74) is 2.31. The third-order valence-corrected chi connectivity index (χ3v) is 10.1. The zero-order valence-corrected chi connectivity index (χ0v) is 24.9. The molecule has 1 aliphatic rings. The van der Waals surface area contributed by atoms with E-state index in [4.69, 9.17) is 26.1 Å². The van der Waals surface area contributed by atoms with Gasteiger partial charge in [-0.3, -0.25) is 4.52 Å². The summed E-state index contributed by atoms with van der Waals surface area (Å²) in [5.74, 6) is 0.285. The maximum atomic E-state index is 14.9. The topological polar surface area (TPSA) is 142 Å². The standard InChI is InChI=1S/C27H29ClF2N3O7PS/c1-2-33(11-13-40-41(34,35)36)27(29,30)10-12-39-23-9-8-21(24-22-15-18(28)16-31-26(22)32-25(23)24)17-4-3-5-20(14-17)42(37,38)19-6-7-19/h3-5,8-9,14-16,19H,2,6-7,10-13H2,1H3,(H,31,32)(H2,34,35,36). The van der Waals surface area contributed by atoms with Gasteiger partial charge in [-0.25, -0.2) is 22.9 Å². The lowest BCUT2D eigenvalue weighted by Crippen LogP contribution is -2.44. The molecule has 0 bridgehead atoms. The van der Waals surface area contributed by atoms with Gasteiger partial charge in [0.1, 0.15) is 11.4 Å². The molecule has 0 saturated heterocycles. The lowest BCUT2D eigenvalue weighted by molar-refractivity contribution is -0.156. The minimum Gasteiger partial charge on any atom is -0.491 e. The van der Waals surface area contributed by atoms with Crippen molar-refractivity contribution in [3.05, 3.63) is 53.7 Å². The molecule has 2 heterocycles. The van der Waals surface area contributed by atoms with Crippen molar-refractivity contribution in [1.29, 1.82) is 0 Å². The summed E-state index contributed by atoms with van der Waals surface area (Å²) in [5, 5.41) is 1.32. The van der Waals surface area contributed by atoms with Gasteiger partial charge < -0.3 is 19.5 Å². The van der Waals surface area contributed by atoms with Crippen LogP contribution in [0.1, 0.15) is 26.2 Å². The Morgan fingerprint density at radius 2 is 1.95 bits per heavy atom. The predicted molar refractivity (Wildman–Crippen MR) is 155 cm³/mol. The van der Waals surface area contributed by atoms with Gasteiger partial charge in [0.05, 0.1) is 40.3 Å². The van der Waals surface area contributed by atoms with Crippen LogP contribution in [0.4, 0.5) is 8.78 Å². The van der Waals surface area contributed by atoms with Crippen LogP contribution < -0.4 is 4.74 Å². The second kappa shape index (κ2) is 11.8. The molecule has 0 radical (unpaired) electrons. The highest BCUT2D eigenvalue weighted by Crippen LogP contribution is 2.41. The molecule has 0 aliphatic heterocycles. The summed E-state index contributed by atoms with van der Waals surface area (Å²) < 4.78 is 76.7. The number of rotatable bonds is 13. The first-order chi connectivity index (χ1) is 19.8. The molecule has 2 aromatic carbocycles. The van der Waals surface area contributed by atoms with Crippen molar-refractivity contribution in [2.75, 3.05) is 26.3 Å². The third-order valence-electron chi connectivity index (χ3n) is 7.10. The Morgan fingerprint density at radius 3 is 2.64 bits per heavy atom. The Hall–Kier alpha value is -2.64. The second-order valence-corrected chi connectivity index (χ2v) is 13.9. The highest BCUT2D eigenvalue weighted by Gasteiger charge is 2.37. The number of nitrogens with zero attached hydrogens (tertiary/aromatic N) is 2. The van der Waals surface area contributed by atoms with Crippen molar-refractivity contribution in [2.24, 2.45) is 0 Å².